The van der Waals surface area contributed by atoms with Crippen molar-refractivity contribution in [3.63, 3.8) is 0 Å². The molecule has 2 amide bonds. The standard InChI is InChI=1S/C25H21BrN4O2/c26-19-10-6-9-18(16-19)24(31)30-22(15-17-7-2-1-3-8-17)25(32)27-14-13-23-28-20-11-4-5-12-21(20)29-23/h1-12,15-16H,13-14H2,(H,27,32)(H,28,29)(H,30,31)/b22-15-. The van der Waals surface area contributed by atoms with Crippen molar-refractivity contribution in [2.75, 3.05) is 6.54 Å². The van der Waals surface area contributed by atoms with Gasteiger partial charge in [0.15, 0.2) is 0 Å². The van der Waals surface area contributed by atoms with Crippen molar-refractivity contribution in [2.24, 2.45) is 0 Å². The van der Waals surface area contributed by atoms with Crippen molar-refractivity contribution in [2.45, 2.75) is 6.42 Å². The second-order valence-corrected chi connectivity index (χ2v) is 8.06. The highest BCUT2D eigenvalue weighted by atomic mass is 79.9. The van der Waals surface area contributed by atoms with Crippen molar-refractivity contribution >= 4 is 44.9 Å². The Kier molecular flexibility index (Phi) is 6.77. The molecule has 6 nitrogen and oxygen atoms in total. The lowest BCUT2D eigenvalue weighted by atomic mass is 10.1. The maximum atomic E-state index is 12.9. The number of carbonyl (C=O) groups is 2. The summed E-state index contributed by atoms with van der Waals surface area (Å²) >= 11 is 3.37. The van der Waals surface area contributed by atoms with Crippen LogP contribution >= 0.6 is 15.9 Å². The minimum absolute atomic E-state index is 0.172. The van der Waals surface area contributed by atoms with Crippen LogP contribution in [0.25, 0.3) is 17.1 Å². The number of carbonyl (C=O) groups excluding carboxylic acids is 2. The molecule has 1 aromatic heterocycles. The molecular weight excluding hydrogens is 468 g/mol. The van der Waals surface area contributed by atoms with E-state index in [0.717, 1.165) is 26.9 Å². The first-order chi connectivity index (χ1) is 15.6. The summed E-state index contributed by atoms with van der Waals surface area (Å²) in [6, 6.07) is 24.2. The summed E-state index contributed by atoms with van der Waals surface area (Å²) in [7, 11) is 0. The van der Waals surface area contributed by atoms with Gasteiger partial charge < -0.3 is 15.6 Å². The average Bonchev–Trinajstić information content (AvgIpc) is 3.22. The number of rotatable bonds is 7. The molecule has 4 rings (SSSR count). The van der Waals surface area contributed by atoms with Crippen molar-refractivity contribution in [3.05, 3.63) is 106 Å². The van der Waals surface area contributed by atoms with E-state index in [-0.39, 0.29) is 17.5 Å². The number of halogens is 1. The minimum Gasteiger partial charge on any atom is -0.350 e. The van der Waals surface area contributed by atoms with Crippen LogP contribution in [0.5, 0.6) is 0 Å². The van der Waals surface area contributed by atoms with Crippen LogP contribution in [0.4, 0.5) is 0 Å². The first-order valence-electron chi connectivity index (χ1n) is 10.1. The zero-order chi connectivity index (χ0) is 22.3. The number of imidazole rings is 1. The smallest absolute Gasteiger partial charge is 0.267 e. The molecule has 0 saturated carbocycles. The highest BCUT2D eigenvalue weighted by Crippen LogP contribution is 2.13. The molecular formula is C25H21BrN4O2. The molecule has 3 aromatic carbocycles. The van der Waals surface area contributed by atoms with E-state index in [4.69, 9.17) is 0 Å². The largest absolute Gasteiger partial charge is 0.350 e. The Balaban J connectivity index is 1.46. The molecule has 160 valence electrons. The van der Waals surface area contributed by atoms with Gasteiger partial charge in [0.2, 0.25) is 0 Å². The Labute approximate surface area is 193 Å². The molecule has 0 unspecified atom stereocenters. The lowest BCUT2D eigenvalue weighted by molar-refractivity contribution is -0.117. The molecule has 0 atom stereocenters. The first-order valence-corrected chi connectivity index (χ1v) is 10.9. The van der Waals surface area contributed by atoms with Gasteiger partial charge in [0.05, 0.1) is 11.0 Å². The van der Waals surface area contributed by atoms with Gasteiger partial charge in [-0.15, -0.1) is 0 Å². The van der Waals surface area contributed by atoms with E-state index in [1.165, 1.54) is 0 Å². The van der Waals surface area contributed by atoms with Gasteiger partial charge in [-0.1, -0.05) is 64.5 Å². The maximum Gasteiger partial charge on any atom is 0.267 e. The zero-order valence-corrected chi connectivity index (χ0v) is 18.7. The van der Waals surface area contributed by atoms with Gasteiger partial charge in [-0.2, -0.15) is 0 Å². The fraction of sp³-hybridized carbons (Fsp3) is 0.0800. The zero-order valence-electron chi connectivity index (χ0n) is 17.1. The molecule has 3 N–H and O–H groups in total. The monoisotopic (exact) mass is 488 g/mol. The van der Waals surface area contributed by atoms with Crippen LogP contribution in [-0.4, -0.2) is 28.3 Å². The number of hydrogen-bond donors (Lipinski definition) is 3. The molecule has 4 aromatic rings. The fourth-order valence-electron chi connectivity index (χ4n) is 3.21. The molecule has 0 saturated heterocycles. The number of benzene rings is 3. The van der Waals surface area contributed by atoms with E-state index < -0.39 is 0 Å². The number of H-pyrrole nitrogens is 1. The minimum atomic E-state index is -0.367. The van der Waals surface area contributed by atoms with Crippen molar-refractivity contribution in [3.8, 4) is 0 Å². The highest BCUT2D eigenvalue weighted by Gasteiger charge is 2.15. The summed E-state index contributed by atoms with van der Waals surface area (Å²) < 4.78 is 0.786. The van der Waals surface area contributed by atoms with Gasteiger partial charge in [-0.25, -0.2) is 4.98 Å². The number of nitrogens with one attached hydrogen (secondary N) is 3. The lowest BCUT2D eigenvalue weighted by Gasteiger charge is -2.11. The van der Waals surface area contributed by atoms with Crippen LogP contribution in [0.3, 0.4) is 0 Å². The third-order valence-corrected chi connectivity index (χ3v) is 5.27. The molecule has 0 bridgehead atoms. The van der Waals surface area contributed by atoms with E-state index in [2.05, 4.69) is 36.5 Å². The summed E-state index contributed by atoms with van der Waals surface area (Å²) in [5.41, 5.74) is 3.28. The molecule has 7 heteroatoms. The molecule has 0 fully saturated rings. The number of hydrogen-bond acceptors (Lipinski definition) is 3. The number of aromatic nitrogens is 2. The summed E-state index contributed by atoms with van der Waals surface area (Å²) in [6.45, 7) is 0.373. The van der Waals surface area contributed by atoms with Crippen LogP contribution in [0.15, 0.2) is 89.0 Å². The van der Waals surface area contributed by atoms with E-state index >= 15 is 0 Å². The predicted octanol–water partition coefficient (Wildman–Crippen LogP) is 4.46. The molecule has 32 heavy (non-hydrogen) atoms. The topological polar surface area (TPSA) is 86.9 Å². The lowest BCUT2D eigenvalue weighted by Crippen LogP contribution is -2.35. The second kappa shape index (κ2) is 10.1. The van der Waals surface area contributed by atoms with Gasteiger partial charge in [-0.05, 0) is 42.0 Å². The molecule has 0 spiro atoms. The van der Waals surface area contributed by atoms with Crippen LogP contribution in [-0.2, 0) is 11.2 Å². The van der Waals surface area contributed by atoms with Gasteiger partial charge in [-0.3, -0.25) is 9.59 Å². The first kappa shape index (κ1) is 21.5. The third kappa shape index (κ3) is 5.50. The number of nitrogens with zero attached hydrogens (tertiary/aromatic N) is 1. The van der Waals surface area contributed by atoms with E-state index in [9.17, 15) is 9.59 Å². The Bertz CT molecular complexity index is 1250. The van der Waals surface area contributed by atoms with Crippen LogP contribution < -0.4 is 10.6 Å². The Morgan fingerprint density at radius 2 is 1.75 bits per heavy atom. The third-order valence-electron chi connectivity index (χ3n) is 4.78. The summed E-state index contributed by atoms with van der Waals surface area (Å²) in [4.78, 5) is 33.4. The Morgan fingerprint density at radius 1 is 0.969 bits per heavy atom. The van der Waals surface area contributed by atoms with Crippen LogP contribution in [0, 0.1) is 0 Å². The van der Waals surface area contributed by atoms with Gasteiger partial charge in [0, 0.05) is 23.0 Å². The highest BCUT2D eigenvalue weighted by molar-refractivity contribution is 9.10. The SMILES string of the molecule is O=C(NCCc1nc2ccccc2[nH]1)/C(=C/c1ccccc1)NC(=O)c1cccc(Br)c1. The van der Waals surface area contributed by atoms with Crippen molar-refractivity contribution < 1.29 is 9.59 Å². The molecule has 0 aliphatic heterocycles. The Morgan fingerprint density at radius 3 is 2.53 bits per heavy atom. The van der Waals surface area contributed by atoms with Crippen LogP contribution in [0.2, 0.25) is 0 Å². The summed E-state index contributed by atoms with van der Waals surface area (Å²) in [5, 5.41) is 5.62. The fourth-order valence-corrected chi connectivity index (χ4v) is 3.61. The predicted molar refractivity (Wildman–Crippen MR) is 129 cm³/mol. The van der Waals surface area contributed by atoms with E-state index in [1.807, 2.05) is 60.7 Å². The Hall–Kier alpha value is -3.71. The molecule has 1 heterocycles. The quantitative estimate of drug-likeness (QED) is 0.335. The normalized spacial score (nSPS) is 11.3. The van der Waals surface area contributed by atoms with E-state index in [0.29, 0.717) is 18.5 Å². The molecule has 0 aliphatic rings. The number of amides is 2. The summed E-state index contributed by atoms with van der Waals surface area (Å²) in [5.74, 6) is 0.0625. The van der Waals surface area contributed by atoms with Crippen molar-refractivity contribution in [1.82, 2.24) is 20.6 Å². The number of aromatic amines is 1. The maximum absolute atomic E-state index is 12.9. The molecule has 0 aliphatic carbocycles. The number of para-hydroxylation sites is 2. The molecule has 0 radical (unpaired) electrons. The van der Waals surface area contributed by atoms with Crippen molar-refractivity contribution in [1.29, 1.82) is 0 Å². The van der Waals surface area contributed by atoms with Gasteiger partial charge in [0.1, 0.15) is 11.5 Å². The second-order valence-electron chi connectivity index (χ2n) is 7.14. The number of fused-ring (bicyclic) bond motifs is 1. The summed E-state index contributed by atoms with van der Waals surface area (Å²) in [6.07, 6.45) is 2.20. The van der Waals surface area contributed by atoms with Crippen LogP contribution in [0.1, 0.15) is 21.7 Å². The van der Waals surface area contributed by atoms with E-state index in [1.54, 1.807) is 24.3 Å². The van der Waals surface area contributed by atoms with Gasteiger partial charge in [0.25, 0.3) is 11.8 Å². The average molecular weight is 489 g/mol. The van der Waals surface area contributed by atoms with Gasteiger partial charge >= 0.3 is 0 Å².